The minimum atomic E-state index is 0.411. The van der Waals surface area contributed by atoms with Crippen LogP contribution in [0.3, 0.4) is 0 Å². The second kappa shape index (κ2) is 5.29. The fraction of sp³-hybridized carbons (Fsp3) is 0.600. The second-order valence-electron chi connectivity index (χ2n) is 5.35. The third kappa shape index (κ3) is 2.52. The Labute approximate surface area is 108 Å². The highest BCUT2D eigenvalue weighted by atomic mass is 16.5. The Morgan fingerprint density at radius 1 is 1.17 bits per heavy atom. The molecule has 2 aliphatic rings. The molecule has 0 spiro atoms. The zero-order chi connectivity index (χ0) is 12.4. The molecule has 1 unspecified atom stereocenters. The van der Waals surface area contributed by atoms with Gasteiger partial charge < -0.3 is 14.8 Å². The van der Waals surface area contributed by atoms with Gasteiger partial charge in [-0.1, -0.05) is 18.2 Å². The smallest absolute Gasteiger partial charge is 0.124 e. The first-order chi connectivity index (χ1) is 8.85. The molecule has 2 saturated heterocycles. The number of ether oxygens (including phenoxy) is 2. The molecule has 0 amide bonds. The van der Waals surface area contributed by atoms with E-state index in [-0.39, 0.29) is 0 Å². The lowest BCUT2D eigenvalue weighted by molar-refractivity contribution is 0.00842. The minimum Gasteiger partial charge on any atom is -0.496 e. The fourth-order valence-electron chi connectivity index (χ4n) is 3.17. The van der Waals surface area contributed by atoms with Gasteiger partial charge in [-0.2, -0.15) is 0 Å². The number of benzene rings is 1. The molecule has 98 valence electrons. The molecule has 2 fully saturated rings. The lowest BCUT2D eigenvalue weighted by atomic mass is 10.0. The molecule has 2 bridgehead atoms. The summed E-state index contributed by atoms with van der Waals surface area (Å²) in [4.78, 5) is 0. The number of methoxy groups -OCH3 is 1. The predicted molar refractivity (Wildman–Crippen MR) is 70.8 cm³/mol. The molecule has 1 N–H and O–H groups in total. The van der Waals surface area contributed by atoms with E-state index in [1.54, 1.807) is 7.11 Å². The maximum absolute atomic E-state index is 6.07. The average Bonchev–Trinajstić information content (AvgIpc) is 2.76. The van der Waals surface area contributed by atoms with E-state index < -0.39 is 0 Å². The highest BCUT2D eigenvalue weighted by Gasteiger charge is 2.33. The molecule has 18 heavy (non-hydrogen) atoms. The SMILES string of the molecule is COc1ccccc1COC1C[C@H]2CC[C@@H](C1)N2. The minimum absolute atomic E-state index is 0.411. The Balaban J connectivity index is 1.58. The largest absolute Gasteiger partial charge is 0.496 e. The van der Waals surface area contributed by atoms with Crippen LogP contribution in [0.2, 0.25) is 0 Å². The Morgan fingerprint density at radius 3 is 2.61 bits per heavy atom. The number of hydrogen-bond donors (Lipinski definition) is 1. The molecule has 3 atom stereocenters. The van der Waals surface area contributed by atoms with Crippen molar-refractivity contribution in [3.8, 4) is 5.75 Å². The molecule has 2 heterocycles. The van der Waals surface area contributed by atoms with Crippen molar-refractivity contribution in [1.82, 2.24) is 5.32 Å². The van der Waals surface area contributed by atoms with Gasteiger partial charge >= 0.3 is 0 Å². The lowest BCUT2D eigenvalue weighted by Gasteiger charge is -2.29. The lowest BCUT2D eigenvalue weighted by Crippen LogP contribution is -2.41. The first-order valence-electron chi connectivity index (χ1n) is 6.84. The van der Waals surface area contributed by atoms with Gasteiger partial charge in [0.05, 0.1) is 19.8 Å². The fourth-order valence-corrected chi connectivity index (χ4v) is 3.17. The van der Waals surface area contributed by atoms with Crippen molar-refractivity contribution in [3.05, 3.63) is 29.8 Å². The van der Waals surface area contributed by atoms with Crippen LogP contribution in [0.1, 0.15) is 31.2 Å². The highest BCUT2D eigenvalue weighted by molar-refractivity contribution is 5.32. The van der Waals surface area contributed by atoms with E-state index in [0.717, 1.165) is 24.2 Å². The van der Waals surface area contributed by atoms with E-state index in [9.17, 15) is 0 Å². The zero-order valence-corrected chi connectivity index (χ0v) is 10.9. The summed E-state index contributed by atoms with van der Waals surface area (Å²) in [5.74, 6) is 0.925. The van der Waals surface area contributed by atoms with Gasteiger partial charge in [-0.25, -0.2) is 0 Å². The number of fused-ring (bicyclic) bond motifs is 2. The summed E-state index contributed by atoms with van der Waals surface area (Å²) >= 11 is 0. The number of para-hydroxylation sites is 1. The van der Waals surface area contributed by atoms with Crippen LogP contribution in [0.25, 0.3) is 0 Å². The molecule has 3 nitrogen and oxygen atoms in total. The summed E-state index contributed by atoms with van der Waals surface area (Å²) in [6.45, 7) is 0.661. The third-order valence-electron chi connectivity index (χ3n) is 4.10. The summed E-state index contributed by atoms with van der Waals surface area (Å²) in [7, 11) is 1.71. The number of hydrogen-bond acceptors (Lipinski definition) is 3. The number of rotatable bonds is 4. The Bertz CT molecular complexity index is 395. The van der Waals surface area contributed by atoms with Crippen molar-refractivity contribution in [2.75, 3.05) is 7.11 Å². The standard InChI is InChI=1S/C15H21NO2/c1-17-15-5-3-2-4-11(15)10-18-14-8-12-6-7-13(9-14)16-12/h2-5,12-14,16H,6-10H2,1H3/t12-,13+,14?. The van der Waals surface area contributed by atoms with Gasteiger partial charge in [0.15, 0.2) is 0 Å². The van der Waals surface area contributed by atoms with Crippen LogP contribution in [0.15, 0.2) is 24.3 Å². The molecular formula is C15H21NO2. The van der Waals surface area contributed by atoms with Gasteiger partial charge in [-0.05, 0) is 31.7 Å². The van der Waals surface area contributed by atoms with E-state index in [4.69, 9.17) is 9.47 Å². The van der Waals surface area contributed by atoms with Crippen LogP contribution in [-0.2, 0) is 11.3 Å². The van der Waals surface area contributed by atoms with Crippen molar-refractivity contribution in [3.63, 3.8) is 0 Å². The van der Waals surface area contributed by atoms with Crippen molar-refractivity contribution in [2.24, 2.45) is 0 Å². The van der Waals surface area contributed by atoms with E-state index in [2.05, 4.69) is 11.4 Å². The van der Waals surface area contributed by atoms with Crippen molar-refractivity contribution in [1.29, 1.82) is 0 Å². The van der Waals surface area contributed by atoms with Crippen molar-refractivity contribution < 1.29 is 9.47 Å². The zero-order valence-electron chi connectivity index (χ0n) is 10.9. The van der Waals surface area contributed by atoms with E-state index >= 15 is 0 Å². The third-order valence-corrected chi connectivity index (χ3v) is 4.10. The van der Waals surface area contributed by atoms with Crippen molar-refractivity contribution >= 4 is 0 Å². The van der Waals surface area contributed by atoms with Crippen LogP contribution in [0.5, 0.6) is 5.75 Å². The average molecular weight is 247 g/mol. The summed E-state index contributed by atoms with van der Waals surface area (Å²) in [5, 5.41) is 3.64. The van der Waals surface area contributed by atoms with Crippen LogP contribution in [0.4, 0.5) is 0 Å². The highest BCUT2D eigenvalue weighted by Crippen LogP contribution is 2.29. The van der Waals surface area contributed by atoms with Crippen LogP contribution in [-0.4, -0.2) is 25.3 Å². The number of piperidine rings is 1. The molecule has 0 radical (unpaired) electrons. The summed E-state index contributed by atoms with van der Waals surface area (Å²) in [6.07, 6.45) is 5.36. The van der Waals surface area contributed by atoms with E-state index in [0.29, 0.717) is 24.8 Å². The van der Waals surface area contributed by atoms with Crippen LogP contribution >= 0.6 is 0 Å². The van der Waals surface area contributed by atoms with Crippen LogP contribution < -0.4 is 10.1 Å². The number of nitrogens with one attached hydrogen (secondary N) is 1. The molecule has 3 heteroatoms. The normalized spacial score (nSPS) is 30.4. The molecule has 0 aliphatic carbocycles. The molecule has 2 aliphatic heterocycles. The van der Waals surface area contributed by atoms with Gasteiger partial charge in [0.1, 0.15) is 5.75 Å². The molecule has 1 aromatic carbocycles. The molecule has 1 aromatic rings. The van der Waals surface area contributed by atoms with Crippen molar-refractivity contribution in [2.45, 2.75) is 50.5 Å². The summed E-state index contributed by atoms with van der Waals surface area (Å²) in [6, 6.07) is 9.47. The predicted octanol–water partition coefficient (Wildman–Crippen LogP) is 2.49. The van der Waals surface area contributed by atoms with Gasteiger partial charge in [0.2, 0.25) is 0 Å². The molecule has 0 saturated carbocycles. The van der Waals surface area contributed by atoms with Gasteiger partial charge in [-0.3, -0.25) is 0 Å². The van der Waals surface area contributed by atoms with Crippen LogP contribution in [0, 0.1) is 0 Å². The Hall–Kier alpha value is -1.06. The second-order valence-corrected chi connectivity index (χ2v) is 5.35. The quantitative estimate of drug-likeness (QED) is 0.886. The first kappa shape index (κ1) is 12.0. The summed E-state index contributed by atoms with van der Waals surface area (Å²) < 4.78 is 11.4. The Kier molecular flexibility index (Phi) is 3.52. The van der Waals surface area contributed by atoms with Gasteiger partial charge in [0.25, 0.3) is 0 Å². The monoisotopic (exact) mass is 247 g/mol. The van der Waals surface area contributed by atoms with E-state index in [1.165, 1.54) is 12.8 Å². The Morgan fingerprint density at radius 2 is 1.89 bits per heavy atom. The topological polar surface area (TPSA) is 30.5 Å². The first-order valence-corrected chi connectivity index (χ1v) is 6.84. The summed E-state index contributed by atoms with van der Waals surface area (Å²) in [5.41, 5.74) is 1.14. The molecule has 0 aromatic heterocycles. The molecule has 3 rings (SSSR count). The van der Waals surface area contributed by atoms with Gasteiger partial charge in [0, 0.05) is 17.6 Å². The van der Waals surface area contributed by atoms with E-state index in [1.807, 2.05) is 18.2 Å². The maximum Gasteiger partial charge on any atom is 0.124 e. The molecular weight excluding hydrogens is 226 g/mol. The maximum atomic E-state index is 6.07. The van der Waals surface area contributed by atoms with Gasteiger partial charge in [-0.15, -0.1) is 0 Å².